The van der Waals surface area contributed by atoms with Crippen LogP contribution in [0, 0.1) is 5.82 Å². The van der Waals surface area contributed by atoms with E-state index in [0.717, 1.165) is 17.0 Å². The van der Waals surface area contributed by atoms with Gasteiger partial charge < -0.3 is 24.4 Å². The lowest BCUT2D eigenvalue weighted by atomic mass is 9.84. The number of Topliss-reactive ketones (excluding diaryl/α,β-unsaturated/α-hetero) is 1. The topological polar surface area (TPSA) is 94.2 Å². The summed E-state index contributed by atoms with van der Waals surface area (Å²) in [5.41, 5.74) is -4.85. The van der Waals surface area contributed by atoms with Gasteiger partial charge in [0.1, 0.15) is 5.82 Å². The molecule has 226 valence electrons. The summed E-state index contributed by atoms with van der Waals surface area (Å²) in [5, 5.41) is 1.87. The molecule has 0 saturated carbocycles. The number of benzene rings is 3. The molecule has 0 fully saturated rings. The van der Waals surface area contributed by atoms with E-state index < -0.39 is 40.7 Å². The summed E-state index contributed by atoms with van der Waals surface area (Å²) < 4.78 is 74.9. The molecule has 0 saturated heterocycles. The first-order valence-electron chi connectivity index (χ1n) is 13.0. The number of nitrogens with one attached hydrogen (secondary N) is 1. The van der Waals surface area contributed by atoms with Gasteiger partial charge >= 0.3 is 6.18 Å². The number of hydrogen-bond donors (Lipinski definition) is 1. The third-order valence-corrected chi connectivity index (χ3v) is 7.16. The molecule has 3 aromatic rings. The van der Waals surface area contributed by atoms with E-state index in [0.29, 0.717) is 5.56 Å². The van der Waals surface area contributed by atoms with Gasteiger partial charge in [0.05, 0.1) is 26.9 Å². The van der Waals surface area contributed by atoms with Gasteiger partial charge in [-0.15, -0.1) is 0 Å². The number of ketones is 1. The van der Waals surface area contributed by atoms with Crippen LogP contribution in [0.3, 0.4) is 0 Å². The van der Waals surface area contributed by atoms with Gasteiger partial charge in [0.25, 0.3) is 11.8 Å². The van der Waals surface area contributed by atoms with Gasteiger partial charge in [0.2, 0.25) is 11.3 Å². The van der Waals surface area contributed by atoms with Gasteiger partial charge in [-0.05, 0) is 43.2 Å². The van der Waals surface area contributed by atoms with Crippen LogP contribution in [0.1, 0.15) is 33.2 Å². The molecule has 0 aromatic heterocycles. The van der Waals surface area contributed by atoms with Gasteiger partial charge in [-0.2, -0.15) is 13.2 Å². The van der Waals surface area contributed by atoms with Crippen molar-refractivity contribution in [3.8, 4) is 17.2 Å². The lowest BCUT2D eigenvalue weighted by Gasteiger charge is -2.33. The minimum Gasteiger partial charge on any atom is -0.493 e. The summed E-state index contributed by atoms with van der Waals surface area (Å²) in [7, 11) is 3.84. The van der Waals surface area contributed by atoms with Crippen LogP contribution in [0.15, 0.2) is 78.0 Å². The number of hydrogen-bond acceptors (Lipinski definition) is 6. The van der Waals surface area contributed by atoms with E-state index >= 15 is 13.2 Å². The molecule has 1 unspecified atom stereocenters. The number of ether oxygens (including phenoxy) is 3. The molecule has 1 heterocycles. The molecule has 8 nitrogen and oxygen atoms in total. The van der Waals surface area contributed by atoms with E-state index in [4.69, 9.17) is 14.2 Å². The van der Waals surface area contributed by atoms with Crippen LogP contribution >= 0.6 is 0 Å². The van der Waals surface area contributed by atoms with E-state index in [9.17, 15) is 18.8 Å². The first kappa shape index (κ1) is 31.1. The Kier molecular flexibility index (Phi) is 8.79. The second-order valence-electron chi connectivity index (χ2n) is 9.60. The molecular weight excluding hydrogens is 572 g/mol. The summed E-state index contributed by atoms with van der Waals surface area (Å²) >= 11 is 0. The van der Waals surface area contributed by atoms with Crippen LogP contribution in [0.4, 0.5) is 17.6 Å². The first-order chi connectivity index (χ1) is 20.4. The van der Waals surface area contributed by atoms with Crippen LogP contribution in [-0.4, -0.2) is 62.1 Å². The lowest BCUT2D eigenvalue weighted by molar-refractivity contribution is -0.189. The Morgan fingerprint density at radius 1 is 0.884 bits per heavy atom. The maximum Gasteiger partial charge on any atom is 0.425 e. The number of methoxy groups -OCH3 is 3. The Labute approximate surface area is 244 Å². The fraction of sp³-hybridized carbons (Fsp3) is 0.258. The third kappa shape index (κ3) is 5.64. The van der Waals surface area contributed by atoms with Crippen molar-refractivity contribution in [3.05, 3.63) is 101 Å². The van der Waals surface area contributed by atoms with E-state index in [1.165, 1.54) is 76.8 Å². The number of carbonyl (C=O) groups excluding carboxylic acids is 3. The zero-order chi connectivity index (χ0) is 31.5. The van der Waals surface area contributed by atoms with Gasteiger partial charge in [-0.1, -0.05) is 42.5 Å². The minimum atomic E-state index is -5.45. The van der Waals surface area contributed by atoms with Crippen molar-refractivity contribution in [1.82, 2.24) is 10.2 Å². The monoisotopic (exact) mass is 600 g/mol. The predicted molar refractivity (Wildman–Crippen MR) is 148 cm³/mol. The molecule has 0 bridgehead atoms. The SMILES string of the molecule is COc1cc(C(=O)NC2(C(F)(F)F)C(=O)N(CCc3ccc(F)cc3)C(C)=C2C(=O)c2ccccc2)cc(OC)c1OC. The van der Waals surface area contributed by atoms with Crippen LogP contribution in [-0.2, 0) is 11.2 Å². The van der Waals surface area contributed by atoms with Gasteiger partial charge in [0, 0.05) is 23.4 Å². The molecule has 0 aliphatic carbocycles. The lowest BCUT2D eigenvalue weighted by Crippen LogP contribution is -2.66. The van der Waals surface area contributed by atoms with Crippen molar-refractivity contribution in [1.29, 1.82) is 0 Å². The molecule has 2 amide bonds. The number of nitrogens with zero attached hydrogens (tertiary/aromatic N) is 1. The number of alkyl halides is 3. The van der Waals surface area contributed by atoms with E-state index in [-0.39, 0.29) is 47.0 Å². The van der Waals surface area contributed by atoms with Crippen LogP contribution in [0.5, 0.6) is 17.2 Å². The normalized spacial score (nSPS) is 16.7. The number of carbonyl (C=O) groups is 3. The molecule has 0 radical (unpaired) electrons. The summed E-state index contributed by atoms with van der Waals surface area (Å²) in [5.74, 6) is -4.41. The largest absolute Gasteiger partial charge is 0.493 e. The van der Waals surface area contributed by atoms with Gasteiger partial charge in [-0.25, -0.2) is 4.39 Å². The van der Waals surface area contributed by atoms with Crippen molar-refractivity contribution >= 4 is 17.6 Å². The molecule has 4 rings (SSSR count). The zero-order valence-corrected chi connectivity index (χ0v) is 23.7. The average molecular weight is 601 g/mol. The second kappa shape index (κ2) is 12.2. The van der Waals surface area contributed by atoms with Crippen molar-refractivity contribution in [2.24, 2.45) is 0 Å². The second-order valence-corrected chi connectivity index (χ2v) is 9.60. The Bertz CT molecular complexity index is 1550. The molecule has 3 aromatic carbocycles. The maximum atomic E-state index is 15.3. The fourth-order valence-corrected chi connectivity index (χ4v) is 5.00. The highest BCUT2D eigenvalue weighted by Gasteiger charge is 2.70. The Hall–Kier alpha value is -4.87. The fourth-order valence-electron chi connectivity index (χ4n) is 5.00. The highest BCUT2D eigenvalue weighted by Crippen LogP contribution is 2.46. The van der Waals surface area contributed by atoms with Crippen molar-refractivity contribution in [2.75, 3.05) is 27.9 Å². The van der Waals surface area contributed by atoms with E-state index in [1.54, 1.807) is 6.07 Å². The quantitative estimate of drug-likeness (QED) is 0.257. The summed E-state index contributed by atoms with van der Waals surface area (Å²) in [6, 6.07) is 14.7. The molecule has 1 aliphatic heterocycles. The third-order valence-electron chi connectivity index (χ3n) is 7.16. The average Bonchev–Trinajstić information content (AvgIpc) is 3.21. The predicted octanol–water partition coefficient (Wildman–Crippen LogP) is 5.12. The smallest absolute Gasteiger partial charge is 0.425 e. The number of allylic oxidation sites excluding steroid dienone is 1. The summed E-state index contributed by atoms with van der Waals surface area (Å²) in [6.07, 6.45) is -5.41. The Morgan fingerprint density at radius 2 is 1.47 bits per heavy atom. The molecular formula is C31H28F4N2O6. The van der Waals surface area contributed by atoms with Gasteiger partial charge in [0.15, 0.2) is 17.3 Å². The Balaban J connectivity index is 1.85. The van der Waals surface area contributed by atoms with Crippen molar-refractivity contribution < 1.29 is 46.2 Å². The maximum absolute atomic E-state index is 15.3. The molecule has 43 heavy (non-hydrogen) atoms. The zero-order valence-electron chi connectivity index (χ0n) is 23.7. The van der Waals surface area contributed by atoms with Crippen LogP contribution in [0.25, 0.3) is 0 Å². The minimum absolute atomic E-state index is 0.0148. The van der Waals surface area contributed by atoms with Crippen molar-refractivity contribution in [3.63, 3.8) is 0 Å². The molecule has 1 atom stereocenters. The number of halogens is 4. The van der Waals surface area contributed by atoms with Crippen LogP contribution < -0.4 is 19.5 Å². The highest BCUT2D eigenvalue weighted by atomic mass is 19.4. The molecule has 1 aliphatic rings. The first-order valence-corrected chi connectivity index (χ1v) is 13.0. The highest BCUT2D eigenvalue weighted by molar-refractivity contribution is 6.19. The number of amides is 2. The summed E-state index contributed by atoms with van der Waals surface area (Å²) in [4.78, 5) is 42.0. The van der Waals surface area contributed by atoms with E-state index in [2.05, 4.69) is 0 Å². The molecule has 12 heteroatoms. The summed E-state index contributed by atoms with van der Waals surface area (Å²) in [6.45, 7) is 0.942. The van der Waals surface area contributed by atoms with E-state index in [1.807, 2.05) is 5.32 Å². The number of rotatable bonds is 10. The standard InChI is InChI=1S/C31H28F4N2O6/c1-18-25(26(38)20-8-6-5-7-9-20)30(31(33,34)35,29(40)37(18)15-14-19-10-12-22(32)13-11-19)36-28(39)21-16-23(41-2)27(43-4)24(17-21)42-3/h5-13,16-17H,14-15H2,1-4H3,(H,36,39). The Morgan fingerprint density at radius 3 is 1.98 bits per heavy atom. The van der Waals surface area contributed by atoms with Gasteiger partial charge in [-0.3, -0.25) is 14.4 Å². The molecule has 1 N–H and O–H groups in total. The molecule has 0 spiro atoms. The van der Waals surface area contributed by atoms with Crippen molar-refractivity contribution in [2.45, 2.75) is 25.1 Å². The van der Waals surface area contributed by atoms with Crippen LogP contribution in [0.2, 0.25) is 0 Å².